The van der Waals surface area contributed by atoms with Crippen LogP contribution in [0.25, 0.3) is 0 Å². The Bertz CT molecular complexity index is 395. The normalized spacial score (nSPS) is 11.7. The zero-order chi connectivity index (χ0) is 13.4. The molecule has 1 aromatic carbocycles. The Balaban J connectivity index is 2.81. The van der Waals surface area contributed by atoms with E-state index in [9.17, 15) is 9.59 Å². The number of aliphatic hydroxyl groups is 1. The van der Waals surface area contributed by atoms with Gasteiger partial charge in [0.05, 0.1) is 0 Å². The van der Waals surface area contributed by atoms with Crippen LogP contribution in [0.3, 0.4) is 0 Å². The summed E-state index contributed by atoms with van der Waals surface area (Å²) >= 11 is 0. The number of amides is 2. The highest BCUT2D eigenvalue weighted by Crippen LogP contribution is 2.12. The largest absolute Gasteiger partial charge is 0.387 e. The van der Waals surface area contributed by atoms with Gasteiger partial charge in [0.25, 0.3) is 0 Å². The molecule has 1 aromatic rings. The highest BCUT2D eigenvalue weighted by atomic mass is 16.3. The number of benzene rings is 1. The van der Waals surface area contributed by atoms with Gasteiger partial charge < -0.3 is 21.5 Å². The fourth-order valence-electron chi connectivity index (χ4n) is 1.45. The molecule has 0 saturated carbocycles. The number of carbonyl (C=O) groups excluding carboxylic acids is 2. The first-order valence-electron chi connectivity index (χ1n) is 5.62. The molecule has 98 valence electrons. The van der Waals surface area contributed by atoms with Gasteiger partial charge in [-0.25, -0.2) is 0 Å². The molecule has 6 heteroatoms. The molecule has 2 amide bonds. The molecule has 0 fully saturated rings. The van der Waals surface area contributed by atoms with Crippen LogP contribution in [0.1, 0.15) is 11.6 Å². The monoisotopic (exact) mass is 251 g/mol. The first kappa shape index (κ1) is 14.1. The van der Waals surface area contributed by atoms with Gasteiger partial charge in [-0.3, -0.25) is 9.59 Å². The molecule has 0 bridgehead atoms. The molecule has 1 atom stereocenters. The maximum atomic E-state index is 11.9. The average Bonchev–Trinajstić information content (AvgIpc) is 2.42. The maximum Gasteiger partial charge on any atom is 0.247 e. The highest BCUT2D eigenvalue weighted by molar-refractivity contribution is 5.88. The number of carbonyl (C=O) groups is 2. The lowest BCUT2D eigenvalue weighted by atomic mass is 10.1. The predicted octanol–water partition coefficient (Wildman–Crippen LogP) is -1.09. The SMILES string of the molecule is NCCNC(=O)[C@H](NC(=O)CO)c1ccccc1. The van der Waals surface area contributed by atoms with Gasteiger partial charge in [-0.05, 0) is 5.56 Å². The van der Waals surface area contributed by atoms with Crippen LogP contribution in [0, 0.1) is 0 Å². The van der Waals surface area contributed by atoms with Crippen molar-refractivity contribution in [3.05, 3.63) is 35.9 Å². The number of hydrogen-bond donors (Lipinski definition) is 4. The lowest BCUT2D eigenvalue weighted by Crippen LogP contribution is -2.42. The van der Waals surface area contributed by atoms with Crippen LogP contribution >= 0.6 is 0 Å². The number of aliphatic hydroxyl groups excluding tert-OH is 1. The van der Waals surface area contributed by atoms with E-state index in [1.807, 2.05) is 6.07 Å². The third kappa shape index (κ3) is 4.15. The molecule has 0 aliphatic carbocycles. The second-order valence-electron chi connectivity index (χ2n) is 3.65. The number of nitrogens with one attached hydrogen (secondary N) is 2. The van der Waals surface area contributed by atoms with E-state index in [0.29, 0.717) is 18.7 Å². The van der Waals surface area contributed by atoms with Crippen molar-refractivity contribution in [2.75, 3.05) is 19.7 Å². The van der Waals surface area contributed by atoms with Crippen LogP contribution in [0.5, 0.6) is 0 Å². The first-order valence-corrected chi connectivity index (χ1v) is 5.62. The topological polar surface area (TPSA) is 104 Å². The second kappa shape index (κ2) is 7.41. The zero-order valence-corrected chi connectivity index (χ0v) is 9.93. The Labute approximate surface area is 105 Å². The van der Waals surface area contributed by atoms with E-state index in [4.69, 9.17) is 10.8 Å². The number of rotatable bonds is 6. The van der Waals surface area contributed by atoms with Gasteiger partial charge >= 0.3 is 0 Å². The standard InChI is InChI=1S/C12H17N3O3/c13-6-7-14-12(18)11(15-10(17)8-16)9-4-2-1-3-5-9/h1-5,11,16H,6-8,13H2,(H,14,18)(H,15,17)/t11-/m1/s1. The van der Waals surface area contributed by atoms with E-state index in [-0.39, 0.29) is 5.91 Å². The Kier molecular flexibility index (Phi) is 5.83. The number of nitrogens with two attached hydrogens (primary N) is 1. The minimum absolute atomic E-state index is 0.321. The highest BCUT2D eigenvalue weighted by Gasteiger charge is 2.21. The lowest BCUT2D eigenvalue weighted by Gasteiger charge is -2.18. The summed E-state index contributed by atoms with van der Waals surface area (Å²) in [5, 5.41) is 13.8. The Morgan fingerprint density at radius 2 is 1.94 bits per heavy atom. The summed E-state index contributed by atoms with van der Waals surface area (Å²) < 4.78 is 0. The van der Waals surface area contributed by atoms with E-state index >= 15 is 0 Å². The van der Waals surface area contributed by atoms with Gasteiger partial charge in [0, 0.05) is 13.1 Å². The smallest absolute Gasteiger partial charge is 0.247 e. The molecular formula is C12H17N3O3. The molecule has 0 radical (unpaired) electrons. The minimum atomic E-state index is -0.822. The van der Waals surface area contributed by atoms with Crippen molar-refractivity contribution in [3.63, 3.8) is 0 Å². The lowest BCUT2D eigenvalue weighted by molar-refractivity contribution is -0.130. The van der Waals surface area contributed by atoms with Gasteiger partial charge in [0.2, 0.25) is 11.8 Å². The van der Waals surface area contributed by atoms with Crippen LogP contribution in [0.15, 0.2) is 30.3 Å². The summed E-state index contributed by atoms with van der Waals surface area (Å²) in [6.45, 7) is -0.00807. The van der Waals surface area contributed by atoms with Crippen LogP contribution in [-0.4, -0.2) is 36.6 Å². The van der Waals surface area contributed by atoms with Gasteiger partial charge in [0.1, 0.15) is 12.6 Å². The quantitative estimate of drug-likeness (QED) is 0.515. The summed E-state index contributed by atoms with van der Waals surface area (Å²) in [7, 11) is 0. The maximum absolute atomic E-state index is 11.9. The molecule has 5 N–H and O–H groups in total. The van der Waals surface area contributed by atoms with Crippen LogP contribution in [0.2, 0.25) is 0 Å². The second-order valence-corrected chi connectivity index (χ2v) is 3.65. The van der Waals surface area contributed by atoms with Crippen LogP contribution < -0.4 is 16.4 Å². The van der Waals surface area contributed by atoms with Crippen molar-refractivity contribution in [2.24, 2.45) is 5.73 Å². The van der Waals surface area contributed by atoms with Gasteiger partial charge in [0.15, 0.2) is 0 Å². The van der Waals surface area contributed by atoms with E-state index in [2.05, 4.69) is 10.6 Å². The van der Waals surface area contributed by atoms with Crippen molar-refractivity contribution >= 4 is 11.8 Å². The Morgan fingerprint density at radius 1 is 1.28 bits per heavy atom. The summed E-state index contributed by atoms with van der Waals surface area (Å²) in [6, 6.07) is 7.98. The van der Waals surface area contributed by atoms with Crippen molar-refractivity contribution in [2.45, 2.75) is 6.04 Å². The van der Waals surface area contributed by atoms with Gasteiger partial charge in [-0.2, -0.15) is 0 Å². The molecule has 0 spiro atoms. The summed E-state index contributed by atoms with van der Waals surface area (Å²) in [4.78, 5) is 23.1. The molecular weight excluding hydrogens is 234 g/mol. The molecule has 6 nitrogen and oxygen atoms in total. The fraction of sp³-hybridized carbons (Fsp3) is 0.333. The third-order valence-corrected chi connectivity index (χ3v) is 2.29. The third-order valence-electron chi connectivity index (χ3n) is 2.29. The Hall–Kier alpha value is -1.92. The summed E-state index contributed by atoms with van der Waals surface area (Å²) in [5.41, 5.74) is 5.95. The van der Waals surface area contributed by atoms with E-state index < -0.39 is 18.6 Å². The van der Waals surface area contributed by atoms with E-state index in [1.54, 1.807) is 24.3 Å². The Morgan fingerprint density at radius 3 is 2.50 bits per heavy atom. The van der Waals surface area contributed by atoms with E-state index in [0.717, 1.165) is 0 Å². The van der Waals surface area contributed by atoms with Crippen LogP contribution in [-0.2, 0) is 9.59 Å². The molecule has 0 heterocycles. The zero-order valence-electron chi connectivity index (χ0n) is 9.93. The minimum Gasteiger partial charge on any atom is -0.387 e. The molecule has 0 aliphatic heterocycles. The van der Waals surface area contributed by atoms with E-state index in [1.165, 1.54) is 0 Å². The van der Waals surface area contributed by atoms with Crippen LogP contribution in [0.4, 0.5) is 0 Å². The van der Waals surface area contributed by atoms with Crippen molar-refractivity contribution < 1.29 is 14.7 Å². The molecule has 0 unspecified atom stereocenters. The predicted molar refractivity (Wildman–Crippen MR) is 66.5 cm³/mol. The van der Waals surface area contributed by atoms with Crippen molar-refractivity contribution in [1.29, 1.82) is 0 Å². The molecule has 0 saturated heterocycles. The van der Waals surface area contributed by atoms with Crippen molar-refractivity contribution in [3.8, 4) is 0 Å². The average molecular weight is 251 g/mol. The van der Waals surface area contributed by atoms with Gasteiger partial charge in [-0.1, -0.05) is 30.3 Å². The number of hydrogen-bond acceptors (Lipinski definition) is 4. The summed E-state index contributed by atoms with van der Waals surface area (Å²) in [5.74, 6) is -0.958. The van der Waals surface area contributed by atoms with Gasteiger partial charge in [-0.15, -0.1) is 0 Å². The first-order chi connectivity index (χ1) is 8.69. The molecule has 0 aliphatic rings. The molecule has 1 rings (SSSR count). The summed E-state index contributed by atoms with van der Waals surface area (Å²) in [6.07, 6.45) is 0. The molecule has 0 aromatic heterocycles. The van der Waals surface area contributed by atoms with Crippen molar-refractivity contribution in [1.82, 2.24) is 10.6 Å². The fourth-order valence-corrected chi connectivity index (χ4v) is 1.45. The molecule has 18 heavy (non-hydrogen) atoms.